The number of hydrogen-bond acceptors (Lipinski definition) is 10. The highest BCUT2D eigenvalue weighted by Gasteiger charge is 2.52. The number of rotatable bonds is 9. The van der Waals surface area contributed by atoms with E-state index in [0.29, 0.717) is 34.8 Å². The number of hydrogen-bond donors (Lipinski definition) is 3. The molecule has 3 N–H and O–H groups in total. The Bertz CT molecular complexity index is 1870. The monoisotopic (exact) mass is 816 g/mol. The van der Waals surface area contributed by atoms with Crippen molar-refractivity contribution in [2.24, 2.45) is 0 Å². The first kappa shape index (κ1) is 45.0. The zero-order valence-corrected chi connectivity index (χ0v) is 34.1. The van der Waals surface area contributed by atoms with Gasteiger partial charge in [0.05, 0.1) is 47.1 Å². The van der Waals surface area contributed by atoms with Gasteiger partial charge in [0.2, 0.25) is 0 Å². The molecule has 4 aromatic carbocycles. The van der Waals surface area contributed by atoms with E-state index in [2.05, 4.69) is 40.9 Å². The largest absolute Gasteiger partial charge is 0.508 e. The summed E-state index contributed by atoms with van der Waals surface area (Å²) in [6, 6.07) is 17.8. The van der Waals surface area contributed by atoms with Crippen molar-refractivity contribution in [1.29, 1.82) is 0 Å². The average molecular weight is 818 g/mol. The molecule has 0 spiro atoms. The van der Waals surface area contributed by atoms with E-state index >= 15 is 0 Å². The van der Waals surface area contributed by atoms with E-state index in [0.717, 1.165) is 47.7 Å². The first-order valence-corrected chi connectivity index (χ1v) is 18.4. The van der Waals surface area contributed by atoms with Gasteiger partial charge < -0.3 is 48.3 Å². The van der Waals surface area contributed by atoms with Gasteiger partial charge in [-0.15, -0.1) is 0 Å². The van der Waals surface area contributed by atoms with Crippen LogP contribution in [0.3, 0.4) is 0 Å². The second kappa shape index (κ2) is 21.1. The molecule has 0 radical (unpaired) electrons. The molecule has 0 aliphatic carbocycles. The number of ether oxygens (including phenoxy) is 5. The summed E-state index contributed by atoms with van der Waals surface area (Å²) in [5.41, 5.74) is 1.36. The van der Waals surface area contributed by atoms with Gasteiger partial charge in [0.1, 0.15) is 59.2 Å². The zero-order chi connectivity index (χ0) is 40.8. The third-order valence-electron chi connectivity index (χ3n) is 8.48. The quantitative estimate of drug-likeness (QED) is 0.111. The van der Waals surface area contributed by atoms with Gasteiger partial charge in [-0.25, -0.2) is 0 Å². The number of fused-ring (bicyclic) bond motifs is 1. The second-order valence-corrected chi connectivity index (χ2v) is 14.2. The Hall–Kier alpha value is -4.39. The summed E-state index contributed by atoms with van der Waals surface area (Å²) in [6.45, 7) is 16.9. The van der Waals surface area contributed by atoms with Crippen LogP contribution in [0.2, 0.25) is 15.1 Å². The summed E-state index contributed by atoms with van der Waals surface area (Å²) < 4.78 is 39.1. The van der Waals surface area contributed by atoms with Crippen molar-refractivity contribution in [2.45, 2.75) is 51.7 Å². The molecule has 10 nitrogen and oxygen atoms in total. The van der Waals surface area contributed by atoms with Gasteiger partial charge in [0, 0.05) is 29.2 Å². The van der Waals surface area contributed by atoms with Crippen LogP contribution in [0, 0.1) is 0 Å². The van der Waals surface area contributed by atoms with Crippen molar-refractivity contribution < 1.29 is 48.3 Å². The van der Waals surface area contributed by atoms with Crippen molar-refractivity contribution in [3.63, 3.8) is 0 Å². The molecule has 55 heavy (non-hydrogen) atoms. The minimum atomic E-state index is -0.405. The van der Waals surface area contributed by atoms with Crippen molar-refractivity contribution in [2.75, 3.05) is 34.0 Å². The minimum Gasteiger partial charge on any atom is -0.508 e. The molecule has 6 rings (SSSR count). The Balaban J connectivity index is 0.000000208. The molecule has 1 fully saturated rings. The summed E-state index contributed by atoms with van der Waals surface area (Å²) in [5.74, 6) is 3.61. The lowest BCUT2D eigenvalue weighted by molar-refractivity contribution is 0.00578. The summed E-state index contributed by atoms with van der Waals surface area (Å²) in [7, 11) is 2.89. The van der Waals surface area contributed by atoms with Gasteiger partial charge in [-0.2, -0.15) is 0 Å². The molecule has 0 amide bonds. The van der Waals surface area contributed by atoms with E-state index in [1.165, 1.54) is 30.3 Å². The topological polar surface area (TPSA) is 125 Å². The Kier molecular flexibility index (Phi) is 17.2. The highest BCUT2D eigenvalue weighted by Crippen LogP contribution is 2.39. The SMILES string of the molecule is C=CCOc1cc(O)ccc1Cl.C=CCOc1cc(OC)ccc1Cl.COc1c(B2OC(C)(C)C(C)(C)O2)ccc2c1CCCO2.Oc1ccc(Cl)c(O)c1. The minimum absolute atomic E-state index is 0.0110. The molecule has 296 valence electrons. The second-order valence-electron chi connectivity index (χ2n) is 13.0. The Morgan fingerprint density at radius 3 is 1.80 bits per heavy atom. The zero-order valence-electron chi connectivity index (χ0n) is 31.9. The van der Waals surface area contributed by atoms with Crippen LogP contribution in [-0.4, -0.2) is 67.7 Å². The van der Waals surface area contributed by atoms with Gasteiger partial charge in [-0.1, -0.05) is 66.2 Å². The van der Waals surface area contributed by atoms with E-state index < -0.39 is 7.12 Å². The van der Waals surface area contributed by atoms with Crippen LogP contribution in [0.1, 0.15) is 39.7 Å². The molecule has 0 bridgehead atoms. The molecule has 2 aliphatic heterocycles. The standard InChI is InChI=1S/C16H23BO4.C10H11ClO2.C9H9ClO2.C6H5ClO2/c1-15(2)16(3,4)21-17(20-15)12-8-9-13-11(14(12)18-5)7-6-10-19-13;1-3-6-13-10-7-8(12-2)4-5-9(10)11;1-2-5-12-9-6-7(11)3-4-8(9)10;7-5-2-1-4(8)3-6(5)9/h8-9H,6-7,10H2,1-5H3;3-5,7H,1,6H2,2H3;2-4,6,11H,1,5H2;1-3,8-9H. The van der Waals surface area contributed by atoms with Gasteiger partial charge in [0.25, 0.3) is 0 Å². The van der Waals surface area contributed by atoms with E-state index in [1.807, 2.05) is 12.1 Å². The Labute approximate surface area is 338 Å². The number of methoxy groups -OCH3 is 2. The fourth-order valence-electron chi connectivity index (χ4n) is 4.95. The molecule has 2 aliphatic rings. The van der Waals surface area contributed by atoms with Crippen LogP contribution >= 0.6 is 34.8 Å². The van der Waals surface area contributed by atoms with Crippen molar-refractivity contribution in [3.05, 3.63) is 113 Å². The first-order valence-electron chi connectivity index (χ1n) is 17.2. The van der Waals surface area contributed by atoms with Crippen LogP contribution in [0.5, 0.6) is 46.0 Å². The summed E-state index contributed by atoms with van der Waals surface area (Å²) in [6.07, 6.45) is 5.25. The lowest BCUT2D eigenvalue weighted by Gasteiger charge is -2.32. The van der Waals surface area contributed by atoms with Crippen LogP contribution < -0.4 is 29.1 Å². The summed E-state index contributed by atoms with van der Waals surface area (Å²) >= 11 is 17.1. The normalized spacial score (nSPS) is 14.5. The summed E-state index contributed by atoms with van der Waals surface area (Å²) in [4.78, 5) is 0. The van der Waals surface area contributed by atoms with Crippen molar-refractivity contribution in [1.82, 2.24) is 0 Å². The van der Waals surface area contributed by atoms with E-state index in [1.54, 1.807) is 50.6 Å². The first-order chi connectivity index (χ1) is 26.1. The molecule has 14 heteroatoms. The molecule has 2 heterocycles. The van der Waals surface area contributed by atoms with Gasteiger partial charge in [0.15, 0.2) is 0 Å². The van der Waals surface area contributed by atoms with Crippen molar-refractivity contribution >= 4 is 47.4 Å². The van der Waals surface area contributed by atoms with Gasteiger partial charge >= 0.3 is 7.12 Å². The maximum Gasteiger partial charge on any atom is 0.498 e. The maximum absolute atomic E-state index is 9.07. The molecule has 0 aromatic heterocycles. The predicted molar refractivity (Wildman–Crippen MR) is 220 cm³/mol. The van der Waals surface area contributed by atoms with E-state index in [9.17, 15) is 0 Å². The highest BCUT2D eigenvalue weighted by atomic mass is 35.5. The highest BCUT2D eigenvalue weighted by molar-refractivity contribution is 6.63. The molecular weight excluding hydrogens is 770 g/mol. The number of phenolic OH excluding ortho intramolecular Hbond substituents is 3. The molecule has 4 aromatic rings. The van der Waals surface area contributed by atoms with E-state index in [4.69, 9.17) is 83.1 Å². The third kappa shape index (κ3) is 12.8. The lowest BCUT2D eigenvalue weighted by Crippen LogP contribution is -2.41. The Morgan fingerprint density at radius 1 is 0.727 bits per heavy atom. The van der Waals surface area contributed by atoms with Crippen molar-refractivity contribution in [3.8, 4) is 46.0 Å². The molecular formula is C41H48BCl3O10. The fourth-order valence-corrected chi connectivity index (χ4v) is 5.41. The summed E-state index contributed by atoms with van der Waals surface area (Å²) in [5, 5.41) is 27.9. The van der Waals surface area contributed by atoms with Crippen LogP contribution in [-0.2, 0) is 15.7 Å². The molecule has 0 atom stereocenters. The smallest absolute Gasteiger partial charge is 0.498 e. The Morgan fingerprint density at radius 2 is 1.27 bits per heavy atom. The fraction of sp³-hybridized carbons (Fsp3) is 0.317. The maximum atomic E-state index is 9.07. The van der Waals surface area contributed by atoms with Gasteiger partial charge in [-0.3, -0.25) is 0 Å². The van der Waals surface area contributed by atoms with Gasteiger partial charge in [-0.05, 0) is 83.0 Å². The molecule has 1 saturated heterocycles. The molecule has 0 saturated carbocycles. The van der Waals surface area contributed by atoms with Crippen LogP contribution in [0.15, 0.2) is 92.0 Å². The van der Waals surface area contributed by atoms with E-state index in [-0.39, 0.29) is 33.5 Å². The molecule has 0 unspecified atom stereocenters. The third-order valence-corrected chi connectivity index (χ3v) is 9.43. The van der Waals surface area contributed by atoms with Crippen LogP contribution in [0.4, 0.5) is 0 Å². The lowest BCUT2D eigenvalue weighted by atomic mass is 9.76. The number of aromatic hydroxyl groups is 3. The van der Waals surface area contributed by atoms with Crippen LogP contribution in [0.25, 0.3) is 0 Å². The number of phenols is 3. The predicted octanol–water partition coefficient (Wildman–Crippen LogP) is 9.59. The number of halogens is 3. The average Bonchev–Trinajstić information content (AvgIpc) is 3.39. The number of benzene rings is 4.